The third kappa shape index (κ3) is 1.15. The molecule has 0 aromatic carbocycles. The molecule has 4 atom stereocenters. The first-order valence-electron chi connectivity index (χ1n) is 4.48. The van der Waals surface area contributed by atoms with Gasteiger partial charge in [0.1, 0.15) is 6.10 Å². The molecule has 0 aromatic heterocycles. The second kappa shape index (κ2) is 2.96. The molecule has 0 radical (unpaired) electrons. The molecule has 12 heavy (non-hydrogen) atoms. The van der Waals surface area contributed by atoms with E-state index >= 15 is 0 Å². The van der Waals surface area contributed by atoms with Crippen molar-refractivity contribution >= 4 is 0 Å². The van der Waals surface area contributed by atoms with Gasteiger partial charge in [-0.05, 0) is 19.4 Å². The topological polar surface area (TPSA) is 63.9 Å². The van der Waals surface area contributed by atoms with E-state index in [1.165, 1.54) is 0 Å². The lowest BCUT2D eigenvalue weighted by atomic mass is 9.94. The zero-order valence-electron chi connectivity index (χ0n) is 6.93. The van der Waals surface area contributed by atoms with E-state index in [-0.39, 0.29) is 6.04 Å². The highest BCUT2D eigenvalue weighted by molar-refractivity contribution is 4.97. The summed E-state index contributed by atoms with van der Waals surface area (Å²) in [7, 11) is 0. The van der Waals surface area contributed by atoms with E-state index in [9.17, 15) is 15.3 Å². The Kier molecular flexibility index (Phi) is 2.08. The Morgan fingerprint density at radius 1 is 1.08 bits per heavy atom. The van der Waals surface area contributed by atoms with Crippen molar-refractivity contribution in [2.45, 2.75) is 37.2 Å². The predicted octanol–water partition coefficient (Wildman–Crippen LogP) is -1.45. The van der Waals surface area contributed by atoms with Crippen LogP contribution < -0.4 is 0 Å². The summed E-state index contributed by atoms with van der Waals surface area (Å²) in [5.41, 5.74) is 0. The van der Waals surface area contributed by atoms with E-state index in [2.05, 4.69) is 4.90 Å². The fourth-order valence-corrected chi connectivity index (χ4v) is 2.27. The Labute approximate surface area is 71.4 Å². The maximum atomic E-state index is 9.57. The number of fused-ring (bicyclic) bond motifs is 1. The zero-order valence-corrected chi connectivity index (χ0v) is 6.93. The molecular weight excluding hydrogens is 158 g/mol. The van der Waals surface area contributed by atoms with Gasteiger partial charge >= 0.3 is 0 Å². The highest BCUT2D eigenvalue weighted by Gasteiger charge is 2.42. The molecule has 2 aliphatic rings. The Bertz CT molecular complexity index is 176. The van der Waals surface area contributed by atoms with Gasteiger partial charge in [-0.2, -0.15) is 0 Å². The molecule has 0 aliphatic carbocycles. The van der Waals surface area contributed by atoms with Crippen molar-refractivity contribution in [1.82, 2.24) is 4.90 Å². The molecule has 2 aliphatic heterocycles. The average Bonchev–Trinajstić information content (AvgIpc) is 2.48. The average molecular weight is 173 g/mol. The van der Waals surface area contributed by atoms with Crippen molar-refractivity contribution in [3.05, 3.63) is 0 Å². The Balaban J connectivity index is 2.10. The highest BCUT2D eigenvalue weighted by Crippen LogP contribution is 2.27. The normalized spacial score (nSPS) is 49.2. The number of nitrogens with zero attached hydrogens (tertiary/aromatic N) is 1. The standard InChI is InChI=1S/C8H15NO3/c10-6-4-9-3-1-2-5(9)7(11)8(6)12/h5-8,10-12H,1-4H2/t5-,6-,7-,8+/m1/s1. The summed E-state index contributed by atoms with van der Waals surface area (Å²) in [4.78, 5) is 2.06. The van der Waals surface area contributed by atoms with Gasteiger partial charge < -0.3 is 15.3 Å². The first kappa shape index (κ1) is 8.44. The number of rotatable bonds is 0. The van der Waals surface area contributed by atoms with Crippen LogP contribution in [-0.2, 0) is 0 Å². The molecule has 0 aromatic rings. The molecule has 0 bridgehead atoms. The highest BCUT2D eigenvalue weighted by atomic mass is 16.4. The quantitative estimate of drug-likeness (QED) is 0.419. The van der Waals surface area contributed by atoms with Gasteiger partial charge in [-0.15, -0.1) is 0 Å². The number of aliphatic hydroxyl groups is 3. The summed E-state index contributed by atoms with van der Waals surface area (Å²) < 4.78 is 0. The fraction of sp³-hybridized carbons (Fsp3) is 1.00. The second-order valence-electron chi connectivity index (χ2n) is 3.75. The van der Waals surface area contributed by atoms with Gasteiger partial charge in [-0.25, -0.2) is 0 Å². The first-order chi connectivity index (χ1) is 5.70. The minimum atomic E-state index is -0.954. The van der Waals surface area contributed by atoms with Gasteiger partial charge in [0.15, 0.2) is 0 Å². The van der Waals surface area contributed by atoms with Gasteiger partial charge in [0.2, 0.25) is 0 Å². The van der Waals surface area contributed by atoms with Crippen LogP contribution in [0, 0.1) is 0 Å². The summed E-state index contributed by atoms with van der Waals surface area (Å²) in [6.07, 6.45) is -0.513. The summed E-state index contributed by atoms with van der Waals surface area (Å²) in [5, 5.41) is 28.3. The summed E-state index contributed by atoms with van der Waals surface area (Å²) in [6, 6.07) is 0.0726. The number of hydrogen-bond acceptors (Lipinski definition) is 4. The monoisotopic (exact) mass is 173 g/mol. The van der Waals surface area contributed by atoms with Gasteiger partial charge in [0.05, 0.1) is 12.2 Å². The molecular formula is C8H15NO3. The lowest BCUT2D eigenvalue weighted by molar-refractivity contribution is -0.127. The molecule has 3 N–H and O–H groups in total. The van der Waals surface area contributed by atoms with Crippen LogP contribution in [0.15, 0.2) is 0 Å². The molecule has 0 unspecified atom stereocenters. The van der Waals surface area contributed by atoms with E-state index in [0.29, 0.717) is 6.54 Å². The molecule has 70 valence electrons. The molecule has 2 heterocycles. The largest absolute Gasteiger partial charge is 0.389 e. The number of aliphatic hydroxyl groups excluding tert-OH is 3. The van der Waals surface area contributed by atoms with Crippen LogP contribution in [0.4, 0.5) is 0 Å². The van der Waals surface area contributed by atoms with Crippen molar-refractivity contribution in [1.29, 1.82) is 0 Å². The zero-order chi connectivity index (χ0) is 8.72. The Morgan fingerprint density at radius 2 is 1.83 bits per heavy atom. The lowest BCUT2D eigenvalue weighted by Crippen LogP contribution is -2.58. The minimum absolute atomic E-state index is 0.0726. The van der Waals surface area contributed by atoms with E-state index in [1.54, 1.807) is 0 Å². The fourth-order valence-electron chi connectivity index (χ4n) is 2.27. The summed E-state index contributed by atoms with van der Waals surface area (Å²) in [5.74, 6) is 0. The third-order valence-corrected chi connectivity index (χ3v) is 2.97. The van der Waals surface area contributed by atoms with Gasteiger partial charge in [-0.1, -0.05) is 0 Å². The molecule has 4 nitrogen and oxygen atoms in total. The third-order valence-electron chi connectivity index (χ3n) is 2.97. The predicted molar refractivity (Wildman–Crippen MR) is 42.6 cm³/mol. The van der Waals surface area contributed by atoms with Crippen LogP contribution in [0.3, 0.4) is 0 Å². The van der Waals surface area contributed by atoms with Crippen molar-refractivity contribution < 1.29 is 15.3 Å². The van der Waals surface area contributed by atoms with Gasteiger partial charge in [-0.3, -0.25) is 4.90 Å². The molecule has 2 saturated heterocycles. The number of piperidine rings is 1. The van der Waals surface area contributed by atoms with E-state index in [4.69, 9.17) is 0 Å². The van der Waals surface area contributed by atoms with Gasteiger partial charge in [0.25, 0.3) is 0 Å². The molecule has 2 rings (SSSR count). The van der Waals surface area contributed by atoms with E-state index in [1.807, 2.05) is 0 Å². The Hall–Kier alpha value is -0.160. The maximum Gasteiger partial charge on any atom is 0.108 e. The van der Waals surface area contributed by atoms with Crippen molar-refractivity contribution in [2.24, 2.45) is 0 Å². The first-order valence-corrected chi connectivity index (χ1v) is 4.48. The molecule has 4 heteroatoms. The molecule has 0 spiro atoms. The van der Waals surface area contributed by atoms with Crippen LogP contribution in [0.1, 0.15) is 12.8 Å². The lowest BCUT2D eigenvalue weighted by Gasteiger charge is -2.39. The maximum absolute atomic E-state index is 9.57. The molecule has 0 saturated carbocycles. The van der Waals surface area contributed by atoms with Crippen LogP contribution >= 0.6 is 0 Å². The van der Waals surface area contributed by atoms with Gasteiger partial charge in [0, 0.05) is 12.6 Å². The van der Waals surface area contributed by atoms with Crippen molar-refractivity contribution in [2.75, 3.05) is 13.1 Å². The van der Waals surface area contributed by atoms with E-state index in [0.717, 1.165) is 19.4 Å². The minimum Gasteiger partial charge on any atom is -0.389 e. The summed E-state index contributed by atoms with van der Waals surface area (Å²) in [6.45, 7) is 1.44. The smallest absolute Gasteiger partial charge is 0.108 e. The summed E-state index contributed by atoms with van der Waals surface area (Å²) >= 11 is 0. The van der Waals surface area contributed by atoms with Crippen molar-refractivity contribution in [3.63, 3.8) is 0 Å². The van der Waals surface area contributed by atoms with Crippen LogP contribution in [-0.4, -0.2) is 57.7 Å². The van der Waals surface area contributed by atoms with Crippen LogP contribution in [0.25, 0.3) is 0 Å². The second-order valence-corrected chi connectivity index (χ2v) is 3.75. The van der Waals surface area contributed by atoms with E-state index < -0.39 is 18.3 Å². The van der Waals surface area contributed by atoms with Crippen molar-refractivity contribution in [3.8, 4) is 0 Å². The molecule has 0 amide bonds. The SMILES string of the molecule is O[C@@H]1[C@H](O)[C@H]2CCCN2C[C@H]1O. The van der Waals surface area contributed by atoms with Crippen LogP contribution in [0.2, 0.25) is 0 Å². The molecule has 2 fully saturated rings. The number of hydrogen-bond donors (Lipinski definition) is 3. The van der Waals surface area contributed by atoms with Crippen LogP contribution in [0.5, 0.6) is 0 Å². The Morgan fingerprint density at radius 3 is 2.58 bits per heavy atom.